The van der Waals surface area contributed by atoms with E-state index >= 15 is 0 Å². The van der Waals surface area contributed by atoms with E-state index in [1.54, 1.807) is 0 Å². The van der Waals surface area contributed by atoms with Crippen molar-refractivity contribution in [2.75, 3.05) is 6.79 Å². The van der Waals surface area contributed by atoms with Gasteiger partial charge in [0.25, 0.3) is 0 Å². The van der Waals surface area contributed by atoms with Crippen LogP contribution >= 0.6 is 0 Å². The molecule has 0 bridgehead atoms. The van der Waals surface area contributed by atoms with E-state index in [0.717, 1.165) is 16.9 Å². The predicted molar refractivity (Wildman–Crippen MR) is 78.8 cm³/mol. The van der Waals surface area contributed by atoms with E-state index in [1.807, 2.05) is 54.6 Å². The summed E-state index contributed by atoms with van der Waals surface area (Å²) < 4.78 is 10.9. The maximum atomic E-state index is 7.23. The van der Waals surface area contributed by atoms with Crippen molar-refractivity contribution in [3.8, 4) is 5.75 Å². The molecule has 0 aliphatic heterocycles. The SMILES string of the molecule is N=C(N)Cc1ccc(OCOCc2ccccc2)cc1. The molecule has 0 heterocycles. The van der Waals surface area contributed by atoms with Crippen LogP contribution in [0.15, 0.2) is 54.6 Å². The fraction of sp³-hybridized carbons (Fsp3) is 0.188. The summed E-state index contributed by atoms with van der Waals surface area (Å²) in [4.78, 5) is 0. The molecule has 0 saturated heterocycles. The highest BCUT2D eigenvalue weighted by molar-refractivity contribution is 5.79. The number of ether oxygens (including phenoxy) is 2. The summed E-state index contributed by atoms with van der Waals surface area (Å²) in [7, 11) is 0. The lowest BCUT2D eigenvalue weighted by Gasteiger charge is -2.08. The molecule has 2 aromatic carbocycles. The van der Waals surface area contributed by atoms with E-state index in [2.05, 4.69) is 0 Å². The number of hydrogen-bond donors (Lipinski definition) is 2. The minimum Gasteiger partial charge on any atom is -0.468 e. The molecule has 0 aliphatic rings. The van der Waals surface area contributed by atoms with Crippen LogP contribution in [-0.4, -0.2) is 12.6 Å². The van der Waals surface area contributed by atoms with Gasteiger partial charge in [-0.05, 0) is 23.3 Å². The second-order valence-corrected chi connectivity index (χ2v) is 4.44. The topological polar surface area (TPSA) is 68.3 Å². The Bertz CT molecular complexity index is 538. The minimum absolute atomic E-state index is 0.157. The van der Waals surface area contributed by atoms with Crippen LogP contribution in [0, 0.1) is 5.41 Å². The van der Waals surface area contributed by atoms with Crippen LogP contribution in [0.2, 0.25) is 0 Å². The minimum atomic E-state index is 0.157. The van der Waals surface area contributed by atoms with Crippen molar-refractivity contribution in [1.29, 1.82) is 5.41 Å². The zero-order chi connectivity index (χ0) is 14.2. The molecule has 0 atom stereocenters. The molecule has 0 saturated carbocycles. The number of benzene rings is 2. The number of nitrogens with two attached hydrogens (primary N) is 1. The first-order chi connectivity index (χ1) is 9.74. The van der Waals surface area contributed by atoms with Gasteiger partial charge >= 0.3 is 0 Å². The summed E-state index contributed by atoms with van der Waals surface area (Å²) >= 11 is 0. The first-order valence-electron chi connectivity index (χ1n) is 6.40. The number of rotatable bonds is 7. The van der Waals surface area contributed by atoms with Gasteiger partial charge in [0.15, 0.2) is 6.79 Å². The first kappa shape index (κ1) is 14.1. The predicted octanol–water partition coefficient (Wildman–Crippen LogP) is 2.72. The van der Waals surface area contributed by atoms with Crippen molar-refractivity contribution >= 4 is 5.84 Å². The monoisotopic (exact) mass is 270 g/mol. The Hall–Kier alpha value is -2.33. The third-order valence-electron chi connectivity index (χ3n) is 2.74. The quantitative estimate of drug-likeness (QED) is 0.352. The second kappa shape index (κ2) is 7.31. The molecule has 2 aromatic rings. The lowest BCUT2D eigenvalue weighted by Crippen LogP contribution is -2.12. The van der Waals surface area contributed by atoms with Gasteiger partial charge < -0.3 is 15.2 Å². The molecule has 3 N–H and O–H groups in total. The molecule has 2 rings (SSSR count). The van der Waals surface area contributed by atoms with Crippen LogP contribution in [0.5, 0.6) is 5.75 Å². The van der Waals surface area contributed by atoms with E-state index in [4.69, 9.17) is 20.6 Å². The molecule has 0 unspecified atom stereocenters. The van der Waals surface area contributed by atoms with Crippen molar-refractivity contribution in [3.63, 3.8) is 0 Å². The average molecular weight is 270 g/mol. The van der Waals surface area contributed by atoms with E-state index in [-0.39, 0.29) is 12.6 Å². The zero-order valence-corrected chi connectivity index (χ0v) is 11.2. The number of hydrogen-bond acceptors (Lipinski definition) is 3. The average Bonchev–Trinajstić information content (AvgIpc) is 2.46. The van der Waals surface area contributed by atoms with Crippen LogP contribution < -0.4 is 10.5 Å². The standard InChI is InChI=1S/C16H18N2O2/c17-16(18)10-13-6-8-15(9-7-13)20-12-19-11-14-4-2-1-3-5-14/h1-9H,10-12H2,(H3,17,18). The third-order valence-corrected chi connectivity index (χ3v) is 2.74. The van der Waals surface area contributed by atoms with Crippen molar-refractivity contribution in [3.05, 3.63) is 65.7 Å². The Labute approximate surface area is 118 Å². The highest BCUT2D eigenvalue weighted by atomic mass is 16.7. The summed E-state index contributed by atoms with van der Waals surface area (Å²) in [5.41, 5.74) is 7.46. The summed E-state index contributed by atoms with van der Waals surface area (Å²) in [6, 6.07) is 17.5. The van der Waals surface area contributed by atoms with E-state index in [9.17, 15) is 0 Å². The number of nitrogens with one attached hydrogen (secondary N) is 1. The van der Waals surface area contributed by atoms with Crippen LogP contribution in [0.1, 0.15) is 11.1 Å². The van der Waals surface area contributed by atoms with Gasteiger partial charge in [-0.15, -0.1) is 0 Å². The van der Waals surface area contributed by atoms with Gasteiger partial charge in [-0.25, -0.2) is 0 Å². The lowest BCUT2D eigenvalue weighted by atomic mass is 10.1. The van der Waals surface area contributed by atoms with Gasteiger partial charge in [-0.1, -0.05) is 42.5 Å². The van der Waals surface area contributed by atoms with Crippen molar-refractivity contribution in [2.24, 2.45) is 5.73 Å². The van der Waals surface area contributed by atoms with Gasteiger partial charge in [-0.2, -0.15) is 0 Å². The highest BCUT2D eigenvalue weighted by Crippen LogP contribution is 2.12. The van der Waals surface area contributed by atoms with E-state index in [0.29, 0.717) is 13.0 Å². The Morgan fingerprint density at radius 3 is 2.30 bits per heavy atom. The molecule has 0 spiro atoms. The first-order valence-corrected chi connectivity index (χ1v) is 6.40. The molecule has 0 fully saturated rings. The van der Waals surface area contributed by atoms with E-state index in [1.165, 1.54) is 0 Å². The molecule has 0 radical (unpaired) electrons. The molecule has 4 heteroatoms. The Kier molecular flexibility index (Phi) is 5.15. The van der Waals surface area contributed by atoms with Gasteiger partial charge in [0.2, 0.25) is 0 Å². The summed E-state index contributed by atoms with van der Waals surface area (Å²) in [5, 5.41) is 7.23. The molecule has 0 aromatic heterocycles. The van der Waals surface area contributed by atoms with Crippen molar-refractivity contribution < 1.29 is 9.47 Å². The number of amidine groups is 1. The second-order valence-electron chi connectivity index (χ2n) is 4.44. The van der Waals surface area contributed by atoms with Gasteiger partial charge in [0.1, 0.15) is 5.75 Å². The summed E-state index contributed by atoms with van der Waals surface area (Å²) in [6.45, 7) is 0.740. The van der Waals surface area contributed by atoms with Gasteiger partial charge in [-0.3, -0.25) is 5.41 Å². The summed E-state index contributed by atoms with van der Waals surface area (Å²) in [5.74, 6) is 0.898. The fourth-order valence-electron chi connectivity index (χ4n) is 1.77. The third kappa shape index (κ3) is 4.74. The van der Waals surface area contributed by atoms with Gasteiger partial charge in [0, 0.05) is 6.42 Å². The summed E-state index contributed by atoms with van der Waals surface area (Å²) in [6.07, 6.45) is 0.463. The maximum absolute atomic E-state index is 7.23. The van der Waals surface area contributed by atoms with Crippen LogP contribution in [-0.2, 0) is 17.8 Å². The molecule has 0 amide bonds. The van der Waals surface area contributed by atoms with Gasteiger partial charge in [0.05, 0.1) is 12.4 Å². The molecular formula is C16H18N2O2. The normalized spacial score (nSPS) is 10.2. The smallest absolute Gasteiger partial charge is 0.189 e. The molecule has 20 heavy (non-hydrogen) atoms. The Morgan fingerprint density at radius 2 is 1.65 bits per heavy atom. The molecular weight excluding hydrogens is 252 g/mol. The van der Waals surface area contributed by atoms with Crippen LogP contribution in [0.3, 0.4) is 0 Å². The highest BCUT2D eigenvalue weighted by Gasteiger charge is 1.98. The fourth-order valence-corrected chi connectivity index (χ4v) is 1.77. The molecule has 104 valence electrons. The molecule has 0 aliphatic carbocycles. The maximum Gasteiger partial charge on any atom is 0.189 e. The Morgan fingerprint density at radius 1 is 0.950 bits per heavy atom. The molecule has 4 nitrogen and oxygen atoms in total. The van der Waals surface area contributed by atoms with Crippen LogP contribution in [0.4, 0.5) is 0 Å². The lowest BCUT2D eigenvalue weighted by molar-refractivity contribution is 0.00504. The van der Waals surface area contributed by atoms with Crippen molar-refractivity contribution in [2.45, 2.75) is 13.0 Å². The van der Waals surface area contributed by atoms with Crippen LogP contribution in [0.25, 0.3) is 0 Å². The zero-order valence-electron chi connectivity index (χ0n) is 11.2. The Balaban J connectivity index is 1.73. The largest absolute Gasteiger partial charge is 0.468 e. The van der Waals surface area contributed by atoms with Crippen molar-refractivity contribution in [1.82, 2.24) is 0 Å². The van der Waals surface area contributed by atoms with E-state index < -0.39 is 0 Å².